The van der Waals surface area contributed by atoms with Gasteiger partial charge in [0.1, 0.15) is 11.2 Å². The summed E-state index contributed by atoms with van der Waals surface area (Å²) < 4.78 is 30.3. The lowest BCUT2D eigenvalue weighted by Crippen LogP contribution is -2.29. The van der Waals surface area contributed by atoms with Gasteiger partial charge in [0, 0.05) is 19.3 Å². The van der Waals surface area contributed by atoms with E-state index in [-0.39, 0.29) is 10.9 Å². The molecule has 1 atom stereocenters. The second kappa shape index (κ2) is 5.33. The first-order chi connectivity index (χ1) is 9.31. The minimum absolute atomic E-state index is 0.127. The minimum atomic E-state index is -3.62. The van der Waals surface area contributed by atoms with Gasteiger partial charge < -0.3 is 4.57 Å². The molecule has 110 valence electrons. The molecule has 0 unspecified atom stereocenters. The third-order valence-corrected chi connectivity index (χ3v) is 4.36. The van der Waals surface area contributed by atoms with Gasteiger partial charge in [-0.1, -0.05) is 0 Å². The maximum atomic E-state index is 12.2. The van der Waals surface area contributed by atoms with E-state index >= 15 is 0 Å². The van der Waals surface area contributed by atoms with Crippen molar-refractivity contribution in [3.8, 4) is 0 Å². The zero-order chi connectivity index (χ0) is 14.9. The van der Waals surface area contributed by atoms with Crippen LogP contribution in [0, 0.1) is 0 Å². The Morgan fingerprint density at radius 1 is 1.30 bits per heavy atom. The van der Waals surface area contributed by atoms with Gasteiger partial charge in [0.15, 0.2) is 5.82 Å². The summed E-state index contributed by atoms with van der Waals surface area (Å²) in [5.41, 5.74) is 0. The van der Waals surface area contributed by atoms with Gasteiger partial charge in [0.05, 0.1) is 12.2 Å². The molecule has 0 saturated heterocycles. The molecule has 0 fully saturated rings. The molecule has 0 bridgehead atoms. The van der Waals surface area contributed by atoms with Gasteiger partial charge in [-0.3, -0.25) is 4.68 Å². The molecule has 9 heteroatoms. The third kappa shape index (κ3) is 2.88. The molecule has 8 nitrogen and oxygen atoms in total. The van der Waals surface area contributed by atoms with Gasteiger partial charge >= 0.3 is 0 Å². The summed E-state index contributed by atoms with van der Waals surface area (Å²) >= 11 is 0. The second-order valence-corrected chi connectivity index (χ2v) is 6.60. The van der Waals surface area contributed by atoms with E-state index in [1.54, 1.807) is 20.3 Å². The fourth-order valence-corrected chi connectivity index (χ4v) is 3.03. The predicted molar refractivity (Wildman–Crippen MR) is 72.4 cm³/mol. The topological polar surface area (TPSA) is 94.7 Å². The quantitative estimate of drug-likeness (QED) is 0.873. The SMILES string of the molecule is CC(C)n1cnnc1[C@@H](C)NS(=O)(=O)c1cnn(C)c1. The Morgan fingerprint density at radius 3 is 2.55 bits per heavy atom. The van der Waals surface area contributed by atoms with Crippen LogP contribution in [0.25, 0.3) is 0 Å². The van der Waals surface area contributed by atoms with Crippen molar-refractivity contribution in [2.75, 3.05) is 0 Å². The zero-order valence-corrected chi connectivity index (χ0v) is 12.7. The number of aryl methyl sites for hydroxylation is 1. The standard InChI is InChI=1S/C11H18N6O2S/c1-8(2)17-7-12-14-11(17)9(3)15-20(18,19)10-5-13-16(4)6-10/h5-9,15H,1-4H3/t9-/m1/s1. The van der Waals surface area contributed by atoms with Crippen molar-refractivity contribution in [2.24, 2.45) is 7.05 Å². The molecule has 2 rings (SSSR count). The molecule has 0 saturated carbocycles. The summed E-state index contributed by atoms with van der Waals surface area (Å²) in [5.74, 6) is 0.576. The molecule has 2 aromatic heterocycles. The Balaban J connectivity index is 2.23. The fourth-order valence-electron chi connectivity index (χ4n) is 1.85. The van der Waals surface area contributed by atoms with Crippen molar-refractivity contribution >= 4 is 10.0 Å². The van der Waals surface area contributed by atoms with E-state index in [0.717, 1.165) is 0 Å². The van der Waals surface area contributed by atoms with E-state index in [1.807, 2.05) is 18.4 Å². The highest BCUT2D eigenvalue weighted by Crippen LogP contribution is 2.17. The van der Waals surface area contributed by atoms with Crippen molar-refractivity contribution in [2.45, 2.75) is 37.8 Å². The molecule has 0 aliphatic heterocycles. The number of hydrogen-bond donors (Lipinski definition) is 1. The normalized spacial score (nSPS) is 13.8. The van der Waals surface area contributed by atoms with Gasteiger partial charge in [0.25, 0.3) is 0 Å². The van der Waals surface area contributed by atoms with Crippen molar-refractivity contribution in [1.82, 2.24) is 29.3 Å². The van der Waals surface area contributed by atoms with Crippen LogP contribution in [0.3, 0.4) is 0 Å². The fraction of sp³-hybridized carbons (Fsp3) is 0.545. The van der Waals surface area contributed by atoms with E-state index in [2.05, 4.69) is 20.0 Å². The number of aromatic nitrogens is 5. The molecule has 1 N–H and O–H groups in total. The Labute approximate surface area is 117 Å². The summed E-state index contributed by atoms with van der Waals surface area (Å²) in [6, 6.07) is -0.324. The van der Waals surface area contributed by atoms with Crippen molar-refractivity contribution < 1.29 is 8.42 Å². The molecule has 0 aliphatic rings. The molecular formula is C11H18N6O2S. The van der Waals surface area contributed by atoms with Crippen LogP contribution >= 0.6 is 0 Å². The summed E-state index contributed by atoms with van der Waals surface area (Å²) in [7, 11) is -1.96. The molecule has 0 amide bonds. The van der Waals surface area contributed by atoms with Crippen LogP contribution in [0.2, 0.25) is 0 Å². The molecule has 0 spiro atoms. The van der Waals surface area contributed by atoms with Crippen LogP contribution in [0.15, 0.2) is 23.6 Å². The number of rotatable bonds is 5. The largest absolute Gasteiger partial charge is 0.314 e. The Bertz CT molecular complexity index is 687. The number of nitrogens with zero attached hydrogens (tertiary/aromatic N) is 5. The minimum Gasteiger partial charge on any atom is -0.314 e. The number of nitrogens with one attached hydrogen (secondary N) is 1. The van der Waals surface area contributed by atoms with Gasteiger partial charge in [-0.2, -0.15) is 5.10 Å². The lowest BCUT2D eigenvalue weighted by molar-refractivity contribution is 0.514. The summed E-state index contributed by atoms with van der Waals surface area (Å²) in [6.45, 7) is 5.70. The van der Waals surface area contributed by atoms with Crippen molar-refractivity contribution in [3.05, 3.63) is 24.5 Å². The van der Waals surface area contributed by atoms with Crippen LogP contribution in [0.1, 0.15) is 38.7 Å². The van der Waals surface area contributed by atoms with Crippen LogP contribution < -0.4 is 4.72 Å². The maximum absolute atomic E-state index is 12.2. The Kier molecular flexibility index (Phi) is 3.91. The summed E-state index contributed by atoms with van der Waals surface area (Å²) in [6.07, 6.45) is 4.35. The van der Waals surface area contributed by atoms with Crippen LogP contribution in [-0.4, -0.2) is 33.0 Å². The average molecular weight is 298 g/mol. The molecule has 0 radical (unpaired) electrons. The third-order valence-electron chi connectivity index (χ3n) is 2.87. The van der Waals surface area contributed by atoms with E-state index in [1.165, 1.54) is 17.1 Å². The van der Waals surface area contributed by atoms with E-state index in [0.29, 0.717) is 5.82 Å². The number of sulfonamides is 1. The van der Waals surface area contributed by atoms with Gasteiger partial charge in [-0.05, 0) is 20.8 Å². The lowest BCUT2D eigenvalue weighted by atomic mass is 10.3. The highest BCUT2D eigenvalue weighted by Gasteiger charge is 2.23. The predicted octanol–water partition coefficient (Wildman–Crippen LogP) is 0.632. The van der Waals surface area contributed by atoms with Crippen LogP contribution in [0.4, 0.5) is 0 Å². The lowest BCUT2D eigenvalue weighted by Gasteiger charge is -2.16. The average Bonchev–Trinajstić information content (AvgIpc) is 2.96. The molecular weight excluding hydrogens is 280 g/mol. The first kappa shape index (κ1) is 14.7. The Hall–Kier alpha value is -1.74. The molecule has 0 aliphatic carbocycles. The van der Waals surface area contributed by atoms with Gasteiger partial charge in [0.2, 0.25) is 10.0 Å². The maximum Gasteiger partial charge on any atom is 0.244 e. The second-order valence-electron chi connectivity index (χ2n) is 4.88. The highest BCUT2D eigenvalue weighted by atomic mass is 32.2. The van der Waals surface area contributed by atoms with E-state index < -0.39 is 16.1 Å². The monoisotopic (exact) mass is 298 g/mol. The molecule has 2 aromatic rings. The number of hydrogen-bond acceptors (Lipinski definition) is 5. The van der Waals surface area contributed by atoms with E-state index in [4.69, 9.17) is 0 Å². The van der Waals surface area contributed by atoms with Gasteiger partial charge in [-0.15, -0.1) is 10.2 Å². The molecule has 20 heavy (non-hydrogen) atoms. The van der Waals surface area contributed by atoms with Gasteiger partial charge in [-0.25, -0.2) is 13.1 Å². The smallest absolute Gasteiger partial charge is 0.244 e. The zero-order valence-electron chi connectivity index (χ0n) is 11.8. The van der Waals surface area contributed by atoms with E-state index in [9.17, 15) is 8.42 Å². The first-order valence-electron chi connectivity index (χ1n) is 6.21. The summed E-state index contributed by atoms with van der Waals surface area (Å²) in [5, 5.41) is 11.7. The molecule has 2 heterocycles. The highest BCUT2D eigenvalue weighted by molar-refractivity contribution is 7.89. The Morgan fingerprint density at radius 2 is 2.00 bits per heavy atom. The first-order valence-corrected chi connectivity index (χ1v) is 7.70. The van der Waals surface area contributed by atoms with Crippen LogP contribution in [-0.2, 0) is 17.1 Å². The van der Waals surface area contributed by atoms with Crippen molar-refractivity contribution in [3.63, 3.8) is 0 Å². The summed E-state index contributed by atoms with van der Waals surface area (Å²) in [4.78, 5) is 0.127. The molecule has 0 aromatic carbocycles. The van der Waals surface area contributed by atoms with Crippen LogP contribution in [0.5, 0.6) is 0 Å². The van der Waals surface area contributed by atoms with Crippen molar-refractivity contribution in [1.29, 1.82) is 0 Å².